The first-order chi connectivity index (χ1) is 19.7. The molecular weight excluding hydrogens is 591 g/mol. The second-order valence-corrected chi connectivity index (χ2v) is 11.6. The van der Waals surface area contributed by atoms with Gasteiger partial charge in [-0.05, 0) is 85.5 Å². The zero-order valence-electron chi connectivity index (χ0n) is 23.0. The summed E-state index contributed by atoms with van der Waals surface area (Å²) in [6, 6.07) is 10.8. The molecule has 3 amide bonds. The summed E-state index contributed by atoms with van der Waals surface area (Å²) in [5, 5.41) is 21.3. The van der Waals surface area contributed by atoms with Crippen LogP contribution in [0.3, 0.4) is 0 Å². The van der Waals surface area contributed by atoms with Gasteiger partial charge in [0.25, 0.3) is 0 Å². The Labute approximate surface area is 247 Å². The highest BCUT2D eigenvalue weighted by Gasteiger charge is 2.59. The SMILES string of the molecule is CCCC1=C2[C@@H](CC/C(=C/c3cc(Br)ccc3O)c3ccccn3)OB(O)C[C@@H]2[C@@H]2C(=O)N(C(=O)OC)C(=O)[C@@H]2C1. The Kier molecular flexibility index (Phi) is 8.77. The van der Waals surface area contributed by atoms with Gasteiger partial charge in [-0.25, -0.2) is 4.79 Å². The van der Waals surface area contributed by atoms with Crippen molar-refractivity contribution in [2.24, 2.45) is 17.8 Å². The predicted molar refractivity (Wildman–Crippen MR) is 156 cm³/mol. The Morgan fingerprint density at radius 2 is 2.05 bits per heavy atom. The first-order valence-electron chi connectivity index (χ1n) is 13.8. The lowest BCUT2D eigenvalue weighted by Crippen LogP contribution is -2.46. The van der Waals surface area contributed by atoms with Gasteiger partial charge in [0.05, 0.1) is 30.7 Å². The summed E-state index contributed by atoms with van der Waals surface area (Å²) >= 11 is 3.47. The minimum Gasteiger partial charge on any atom is -0.507 e. The molecule has 3 heterocycles. The summed E-state index contributed by atoms with van der Waals surface area (Å²) in [5.74, 6) is -2.80. The number of imide groups is 3. The number of methoxy groups -OCH3 is 1. The van der Waals surface area contributed by atoms with Gasteiger partial charge in [-0.2, -0.15) is 4.90 Å². The lowest BCUT2D eigenvalue weighted by Gasteiger charge is -2.43. The number of likely N-dealkylation sites (tertiary alicyclic amines) is 1. The van der Waals surface area contributed by atoms with E-state index in [4.69, 9.17) is 9.39 Å². The number of halogens is 1. The number of hydrogen-bond donors (Lipinski definition) is 2. The molecule has 1 aliphatic carbocycles. The van der Waals surface area contributed by atoms with Crippen molar-refractivity contribution in [1.82, 2.24) is 9.88 Å². The summed E-state index contributed by atoms with van der Waals surface area (Å²) in [6.45, 7) is 2.05. The predicted octanol–water partition coefficient (Wildman–Crippen LogP) is 5.23. The maximum Gasteiger partial charge on any atom is 0.455 e. The van der Waals surface area contributed by atoms with Crippen LogP contribution in [-0.4, -0.2) is 58.3 Å². The minimum absolute atomic E-state index is 0.136. The first-order valence-corrected chi connectivity index (χ1v) is 14.6. The van der Waals surface area contributed by atoms with Crippen molar-refractivity contribution < 1.29 is 33.9 Å². The van der Waals surface area contributed by atoms with E-state index < -0.39 is 48.9 Å². The van der Waals surface area contributed by atoms with Gasteiger partial charge in [0, 0.05) is 16.2 Å². The number of benzene rings is 1. The monoisotopic (exact) mass is 622 g/mol. The number of amides is 3. The number of aromatic nitrogens is 1. The highest BCUT2D eigenvalue weighted by molar-refractivity contribution is 9.10. The van der Waals surface area contributed by atoms with Crippen molar-refractivity contribution in [2.75, 3.05) is 7.11 Å². The van der Waals surface area contributed by atoms with Crippen LogP contribution in [0.1, 0.15) is 50.3 Å². The largest absolute Gasteiger partial charge is 0.507 e. The summed E-state index contributed by atoms with van der Waals surface area (Å²) in [7, 11) is 0.0214. The lowest BCUT2D eigenvalue weighted by atomic mass is 9.58. The van der Waals surface area contributed by atoms with Gasteiger partial charge in [0.2, 0.25) is 11.8 Å². The number of nitrogens with zero attached hydrogens (tertiary/aromatic N) is 2. The first kappa shape index (κ1) is 29.2. The second kappa shape index (κ2) is 12.3. The fraction of sp³-hybridized carbons (Fsp3) is 0.400. The van der Waals surface area contributed by atoms with Crippen LogP contribution >= 0.6 is 15.9 Å². The van der Waals surface area contributed by atoms with Gasteiger partial charge < -0.3 is 19.5 Å². The zero-order valence-corrected chi connectivity index (χ0v) is 24.5. The molecule has 0 radical (unpaired) electrons. The average molecular weight is 623 g/mol. The van der Waals surface area contributed by atoms with E-state index in [1.165, 1.54) is 0 Å². The maximum atomic E-state index is 13.4. The van der Waals surface area contributed by atoms with Crippen molar-refractivity contribution in [2.45, 2.75) is 51.5 Å². The van der Waals surface area contributed by atoms with Crippen LogP contribution in [0, 0.1) is 17.8 Å². The summed E-state index contributed by atoms with van der Waals surface area (Å²) < 4.78 is 11.7. The Morgan fingerprint density at radius 1 is 1.24 bits per heavy atom. The van der Waals surface area contributed by atoms with Crippen molar-refractivity contribution >= 4 is 52.6 Å². The van der Waals surface area contributed by atoms with Crippen LogP contribution < -0.4 is 0 Å². The highest BCUT2D eigenvalue weighted by Crippen LogP contribution is 2.51. The molecule has 0 unspecified atom stereocenters. The Morgan fingerprint density at radius 3 is 2.76 bits per heavy atom. The van der Waals surface area contributed by atoms with Crippen LogP contribution in [-0.2, 0) is 19.0 Å². The molecule has 5 rings (SSSR count). The van der Waals surface area contributed by atoms with Gasteiger partial charge in [-0.1, -0.05) is 40.9 Å². The van der Waals surface area contributed by atoms with E-state index in [-0.39, 0.29) is 12.1 Å². The fourth-order valence-corrected chi connectivity index (χ4v) is 6.89. The average Bonchev–Trinajstić information content (AvgIpc) is 3.21. The normalized spacial score (nSPS) is 24.4. The molecule has 41 heavy (non-hydrogen) atoms. The zero-order chi connectivity index (χ0) is 29.3. The molecule has 1 aromatic carbocycles. The number of phenols is 1. The van der Waals surface area contributed by atoms with Crippen LogP contribution in [0.5, 0.6) is 5.75 Å². The van der Waals surface area contributed by atoms with Crippen molar-refractivity contribution in [3.8, 4) is 5.75 Å². The molecule has 0 spiro atoms. The molecule has 9 nitrogen and oxygen atoms in total. The molecule has 0 saturated carbocycles. The van der Waals surface area contributed by atoms with E-state index in [1.54, 1.807) is 18.3 Å². The van der Waals surface area contributed by atoms with E-state index in [2.05, 4.69) is 27.8 Å². The van der Waals surface area contributed by atoms with Gasteiger partial charge in [0.15, 0.2) is 0 Å². The number of hydrogen-bond acceptors (Lipinski definition) is 8. The van der Waals surface area contributed by atoms with E-state index in [0.29, 0.717) is 29.7 Å². The van der Waals surface area contributed by atoms with Crippen molar-refractivity contribution in [3.05, 3.63) is 69.5 Å². The van der Waals surface area contributed by atoms with Crippen molar-refractivity contribution in [3.63, 3.8) is 0 Å². The van der Waals surface area contributed by atoms with Gasteiger partial charge in [-0.3, -0.25) is 14.6 Å². The molecule has 3 aliphatic rings. The molecule has 4 atom stereocenters. The number of carbonyl (C=O) groups is 3. The van der Waals surface area contributed by atoms with E-state index in [1.807, 2.05) is 30.3 Å². The van der Waals surface area contributed by atoms with Crippen LogP contribution in [0.15, 0.2) is 58.2 Å². The van der Waals surface area contributed by atoms with Crippen LogP contribution in [0.25, 0.3) is 11.6 Å². The quantitative estimate of drug-likeness (QED) is 0.244. The summed E-state index contributed by atoms with van der Waals surface area (Å²) in [5.41, 5.74) is 4.26. The third-order valence-electron chi connectivity index (χ3n) is 8.21. The lowest BCUT2D eigenvalue weighted by molar-refractivity contribution is -0.137. The van der Waals surface area contributed by atoms with E-state index in [9.17, 15) is 24.5 Å². The Hall–Kier alpha value is -3.28. The van der Waals surface area contributed by atoms with Gasteiger partial charge in [0.1, 0.15) is 5.75 Å². The standard InChI is InChI=1S/C30H32BBrN2O7/c1-3-6-18-15-21-27(29(37)34(28(21)36)30(38)40-2)22-16-31(39)41-25(26(18)22)11-8-17(23-7-4-5-12-33-23)13-19-14-20(32)9-10-24(19)35/h4-5,7,9-10,12-14,21-22,25,27,35,39H,3,6,8,11,15-16H2,1-2H3/b17-13-/t21-,22+,25-,27-/m1/s1. The van der Waals surface area contributed by atoms with Crippen LogP contribution in [0.2, 0.25) is 6.32 Å². The maximum absolute atomic E-state index is 13.4. The highest BCUT2D eigenvalue weighted by atomic mass is 79.9. The molecule has 2 aromatic rings. The van der Waals surface area contributed by atoms with Gasteiger partial charge >= 0.3 is 13.2 Å². The molecule has 11 heteroatoms. The Balaban J connectivity index is 1.49. The molecule has 2 N–H and O–H groups in total. The minimum atomic E-state index is -1.12. The van der Waals surface area contributed by atoms with Gasteiger partial charge in [-0.15, -0.1) is 0 Å². The molecule has 2 fully saturated rings. The molecule has 214 valence electrons. The summed E-state index contributed by atoms with van der Waals surface area (Å²) in [4.78, 5) is 44.1. The van der Waals surface area contributed by atoms with E-state index >= 15 is 0 Å². The molecule has 2 aliphatic heterocycles. The smallest absolute Gasteiger partial charge is 0.455 e. The number of fused-ring (bicyclic) bond motifs is 3. The molecule has 0 bridgehead atoms. The topological polar surface area (TPSA) is 126 Å². The number of phenolic OH excluding ortho intramolecular Hbond substituents is 1. The number of ether oxygens (including phenoxy) is 1. The summed E-state index contributed by atoms with van der Waals surface area (Å²) in [6.07, 6.45) is 5.21. The third kappa shape index (κ3) is 5.75. The number of aromatic hydroxyl groups is 1. The molecular formula is C30H32BBrN2O7. The third-order valence-corrected chi connectivity index (χ3v) is 8.70. The van der Waals surface area contributed by atoms with Crippen LogP contribution in [0.4, 0.5) is 4.79 Å². The number of allylic oxidation sites excluding steroid dienone is 2. The van der Waals surface area contributed by atoms with E-state index in [0.717, 1.165) is 46.8 Å². The number of pyridine rings is 1. The second-order valence-electron chi connectivity index (χ2n) is 10.7. The molecule has 2 saturated heterocycles. The number of rotatable bonds is 7. The molecule has 1 aromatic heterocycles. The van der Waals surface area contributed by atoms with Crippen molar-refractivity contribution in [1.29, 1.82) is 0 Å². The fourth-order valence-electron chi connectivity index (χ4n) is 6.52. The number of carbonyl (C=O) groups excluding carboxylic acids is 3. The Bertz CT molecular complexity index is 1410.